The lowest BCUT2D eigenvalue weighted by molar-refractivity contribution is 0.0993. The Kier molecular flexibility index (Phi) is 5.66. The standard InChI is InChI=1S/C27H21N5O2/c1-32(19-10-12-20(34-2)13-11-19)27(33)18-9-14-21-24(17-18)31-26(23-8-4-6-16-29-23)25(30-21)22-7-3-5-15-28-22/h3-17H,1-2H3. The Hall–Kier alpha value is -4.65. The van der Waals surface area contributed by atoms with Gasteiger partial charge in [0, 0.05) is 30.7 Å². The Morgan fingerprint density at radius 2 is 1.38 bits per heavy atom. The maximum absolute atomic E-state index is 13.2. The van der Waals surface area contributed by atoms with E-state index in [4.69, 9.17) is 14.7 Å². The quantitative estimate of drug-likeness (QED) is 0.376. The van der Waals surface area contributed by atoms with Crippen LogP contribution >= 0.6 is 0 Å². The summed E-state index contributed by atoms with van der Waals surface area (Å²) in [5.74, 6) is 0.582. The Bertz CT molecular complexity index is 1460. The van der Waals surface area contributed by atoms with Crippen molar-refractivity contribution in [1.29, 1.82) is 0 Å². The molecule has 1 amide bonds. The number of fused-ring (bicyclic) bond motifs is 1. The zero-order chi connectivity index (χ0) is 23.5. The number of pyridine rings is 2. The normalized spacial score (nSPS) is 10.8. The van der Waals surface area contributed by atoms with Gasteiger partial charge in [-0.2, -0.15) is 0 Å². The van der Waals surface area contributed by atoms with Crippen LogP contribution in [0, 0.1) is 0 Å². The first-order valence-corrected chi connectivity index (χ1v) is 10.7. The fourth-order valence-corrected chi connectivity index (χ4v) is 3.67. The molecule has 0 radical (unpaired) electrons. The van der Waals surface area contributed by atoms with E-state index in [2.05, 4.69) is 9.97 Å². The summed E-state index contributed by atoms with van der Waals surface area (Å²) in [4.78, 5) is 33.4. The third-order valence-electron chi connectivity index (χ3n) is 5.49. The number of nitrogens with zero attached hydrogens (tertiary/aromatic N) is 5. The van der Waals surface area contributed by atoms with Crippen LogP contribution in [0.25, 0.3) is 33.8 Å². The van der Waals surface area contributed by atoms with Crippen molar-refractivity contribution in [3.63, 3.8) is 0 Å². The highest BCUT2D eigenvalue weighted by Gasteiger charge is 2.18. The van der Waals surface area contributed by atoms with Crippen molar-refractivity contribution in [2.75, 3.05) is 19.1 Å². The molecule has 2 aromatic carbocycles. The van der Waals surface area contributed by atoms with Crippen LogP contribution in [-0.4, -0.2) is 40.0 Å². The summed E-state index contributed by atoms with van der Waals surface area (Å²) in [6.07, 6.45) is 3.44. The SMILES string of the molecule is COc1ccc(N(C)C(=O)c2ccc3nc(-c4ccccn4)c(-c4ccccn4)nc3c2)cc1. The lowest BCUT2D eigenvalue weighted by atomic mass is 10.1. The van der Waals surface area contributed by atoms with E-state index in [1.165, 1.54) is 0 Å². The maximum Gasteiger partial charge on any atom is 0.258 e. The second kappa shape index (κ2) is 9.07. The zero-order valence-corrected chi connectivity index (χ0v) is 18.7. The van der Waals surface area contributed by atoms with Gasteiger partial charge in [0.2, 0.25) is 0 Å². The van der Waals surface area contributed by atoms with E-state index >= 15 is 0 Å². The van der Waals surface area contributed by atoms with Crippen molar-refractivity contribution < 1.29 is 9.53 Å². The molecule has 3 heterocycles. The summed E-state index contributed by atoms with van der Waals surface area (Å²) in [6.45, 7) is 0. The van der Waals surface area contributed by atoms with Crippen molar-refractivity contribution in [3.05, 3.63) is 96.8 Å². The number of hydrogen-bond acceptors (Lipinski definition) is 6. The molecular weight excluding hydrogens is 426 g/mol. The molecule has 0 atom stereocenters. The molecule has 3 aromatic heterocycles. The predicted octanol–water partition coefficient (Wildman–Crippen LogP) is 5.04. The second-order valence-corrected chi connectivity index (χ2v) is 7.62. The molecule has 166 valence electrons. The molecule has 0 aliphatic carbocycles. The van der Waals surface area contributed by atoms with Gasteiger partial charge in [0.1, 0.15) is 17.1 Å². The van der Waals surface area contributed by atoms with E-state index in [9.17, 15) is 4.79 Å². The average molecular weight is 447 g/mol. The summed E-state index contributed by atoms with van der Waals surface area (Å²) < 4.78 is 5.20. The number of amides is 1. The van der Waals surface area contributed by atoms with Gasteiger partial charge in [-0.25, -0.2) is 9.97 Å². The molecule has 0 saturated heterocycles. The highest BCUT2D eigenvalue weighted by atomic mass is 16.5. The number of ether oxygens (including phenoxy) is 1. The smallest absolute Gasteiger partial charge is 0.258 e. The number of anilines is 1. The van der Waals surface area contributed by atoms with Crippen LogP contribution in [0.2, 0.25) is 0 Å². The zero-order valence-electron chi connectivity index (χ0n) is 18.7. The third-order valence-corrected chi connectivity index (χ3v) is 5.49. The monoisotopic (exact) mass is 447 g/mol. The van der Waals surface area contributed by atoms with E-state index in [0.717, 1.165) is 11.4 Å². The minimum absolute atomic E-state index is 0.151. The number of rotatable bonds is 5. The van der Waals surface area contributed by atoms with Gasteiger partial charge >= 0.3 is 0 Å². The molecular formula is C27H21N5O2. The fraction of sp³-hybridized carbons (Fsp3) is 0.0741. The topological polar surface area (TPSA) is 81.1 Å². The van der Waals surface area contributed by atoms with E-state index < -0.39 is 0 Å². The molecule has 5 aromatic rings. The Morgan fingerprint density at radius 3 is 1.94 bits per heavy atom. The van der Waals surface area contributed by atoms with Gasteiger partial charge in [-0.05, 0) is 66.7 Å². The first-order valence-electron chi connectivity index (χ1n) is 10.7. The summed E-state index contributed by atoms with van der Waals surface area (Å²) in [5.41, 5.74) is 5.19. The first kappa shape index (κ1) is 21.2. The lowest BCUT2D eigenvalue weighted by Crippen LogP contribution is -2.26. The van der Waals surface area contributed by atoms with Gasteiger partial charge in [-0.1, -0.05) is 12.1 Å². The highest BCUT2D eigenvalue weighted by molar-refractivity contribution is 6.07. The number of carbonyl (C=O) groups excluding carboxylic acids is 1. The predicted molar refractivity (Wildman–Crippen MR) is 132 cm³/mol. The maximum atomic E-state index is 13.2. The Labute approximate surface area is 196 Å². The Balaban J connectivity index is 1.58. The van der Waals surface area contributed by atoms with Crippen LogP contribution in [-0.2, 0) is 0 Å². The summed E-state index contributed by atoms with van der Waals surface area (Å²) in [6, 6.07) is 24.0. The average Bonchev–Trinajstić information content (AvgIpc) is 2.92. The second-order valence-electron chi connectivity index (χ2n) is 7.62. The minimum atomic E-state index is -0.151. The van der Waals surface area contributed by atoms with Crippen LogP contribution in [0.1, 0.15) is 10.4 Å². The summed E-state index contributed by atoms with van der Waals surface area (Å²) in [7, 11) is 3.35. The van der Waals surface area contributed by atoms with Crippen molar-refractivity contribution >= 4 is 22.6 Å². The summed E-state index contributed by atoms with van der Waals surface area (Å²) >= 11 is 0. The minimum Gasteiger partial charge on any atom is -0.497 e. The number of aromatic nitrogens is 4. The van der Waals surface area contributed by atoms with Gasteiger partial charge in [0.25, 0.3) is 5.91 Å². The largest absolute Gasteiger partial charge is 0.497 e. The van der Waals surface area contributed by atoms with E-state index in [1.807, 2.05) is 66.7 Å². The van der Waals surface area contributed by atoms with Crippen LogP contribution < -0.4 is 9.64 Å². The molecule has 0 fully saturated rings. The third kappa shape index (κ3) is 4.06. The molecule has 0 N–H and O–H groups in total. The van der Waals surface area contributed by atoms with Crippen LogP contribution in [0.15, 0.2) is 91.3 Å². The molecule has 0 spiro atoms. The van der Waals surface area contributed by atoms with E-state index in [-0.39, 0.29) is 5.91 Å². The molecule has 0 aliphatic heterocycles. The van der Waals surface area contributed by atoms with Crippen LogP contribution in [0.3, 0.4) is 0 Å². The first-order chi connectivity index (χ1) is 16.6. The lowest BCUT2D eigenvalue weighted by Gasteiger charge is -2.18. The van der Waals surface area contributed by atoms with Gasteiger partial charge in [0.05, 0.1) is 29.5 Å². The van der Waals surface area contributed by atoms with Crippen LogP contribution in [0.4, 0.5) is 5.69 Å². The molecule has 0 bridgehead atoms. The fourth-order valence-electron chi connectivity index (χ4n) is 3.67. The van der Waals surface area contributed by atoms with Crippen molar-refractivity contribution in [2.24, 2.45) is 0 Å². The molecule has 0 unspecified atom stereocenters. The number of benzene rings is 2. The van der Waals surface area contributed by atoms with E-state index in [0.29, 0.717) is 39.4 Å². The van der Waals surface area contributed by atoms with Crippen LogP contribution in [0.5, 0.6) is 5.75 Å². The van der Waals surface area contributed by atoms with Crippen molar-refractivity contribution in [3.8, 4) is 28.5 Å². The molecule has 0 aliphatic rings. The molecule has 0 saturated carbocycles. The highest BCUT2D eigenvalue weighted by Crippen LogP contribution is 2.29. The van der Waals surface area contributed by atoms with Crippen molar-refractivity contribution in [1.82, 2.24) is 19.9 Å². The van der Waals surface area contributed by atoms with Crippen molar-refractivity contribution in [2.45, 2.75) is 0 Å². The number of methoxy groups -OCH3 is 1. The number of carbonyl (C=O) groups is 1. The number of hydrogen-bond donors (Lipinski definition) is 0. The van der Waals surface area contributed by atoms with Gasteiger partial charge in [-0.15, -0.1) is 0 Å². The Morgan fingerprint density at radius 1 is 0.765 bits per heavy atom. The molecule has 5 rings (SSSR count). The van der Waals surface area contributed by atoms with E-state index in [1.54, 1.807) is 43.6 Å². The molecule has 7 nitrogen and oxygen atoms in total. The van der Waals surface area contributed by atoms with Gasteiger partial charge in [0.15, 0.2) is 0 Å². The molecule has 34 heavy (non-hydrogen) atoms. The van der Waals surface area contributed by atoms with Gasteiger partial charge < -0.3 is 9.64 Å². The molecule has 7 heteroatoms. The van der Waals surface area contributed by atoms with Gasteiger partial charge in [-0.3, -0.25) is 14.8 Å². The summed E-state index contributed by atoms with van der Waals surface area (Å²) in [5, 5.41) is 0.